The predicted octanol–water partition coefficient (Wildman–Crippen LogP) is 3.75. The highest BCUT2D eigenvalue weighted by Gasteiger charge is 2.22. The summed E-state index contributed by atoms with van der Waals surface area (Å²) < 4.78 is 10.3. The highest BCUT2D eigenvalue weighted by atomic mass is 16.5. The zero-order chi connectivity index (χ0) is 18.4. The first-order valence-corrected chi connectivity index (χ1v) is 8.11. The largest absolute Gasteiger partial charge is 0.469 e. The van der Waals surface area contributed by atoms with Crippen LogP contribution >= 0.6 is 0 Å². The monoisotopic (exact) mass is 343 g/mol. The van der Waals surface area contributed by atoms with E-state index in [1.807, 2.05) is 6.92 Å². The Hall–Kier alpha value is -2.89. The molecule has 2 aromatic rings. The molecular weight excluding hydrogens is 322 g/mol. The number of carbonyl (C=O) groups is 3. The van der Waals surface area contributed by atoms with Crippen molar-refractivity contribution in [2.24, 2.45) is 0 Å². The van der Waals surface area contributed by atoms with E-state index in [0.717, 1.165) is 6.42 Å². The number of furan rings is 1. The molecular formula is C19H21NO5. The van der Waals surface area contributed by atoms with Gasteiger partial charge >= 0.3 is 5.97 Å². The molecule has 1 aromatic heterocycles. The predicted molar refractivity (Wildman–Crippen MR) is 92.6 cm³/mol. The number of ether oxygens (including phenoxy) is 1. The minimum absolute atomic E-state index is 0.0700. The lowest BCUT2D eigenvalue weighted by molar-refractivity contribution is -0.116. The van der Waals surface area contributed by atoms with E-state index in [1.54, 1.807) is 31.2 Å². The van der Waals surface area contributed by atoms with Crippen molar-refractivity contribution < 1.29 is 23.5 Å². The molecule has 0 saturated heterocycles. The van der Waals surface area contributed by atoms with Crippen LogP contribution in [0.25, 0.3) is 0 Å². The van der Waals surface area contributed by atoms with Gasteiger partial charge in [-0.25, -0.2) is 4.79 Å². The zero-order valence-corrected chi connectivity index (χ0v) is 14.5. The molecule has 1 aromatic carbocycles. The number of hydrogen-bond donors (Lipinski definition) is 1. The van der Waals surface area contributed by atoms with Gasteiger partial charge < -0.3 is 14.5 Å². The Balaban J connectivity index is 1.98. The first kappa shape index (κ1) is 18.4. The van der Waals surface area contributed by atoms with Crippen LogP contribution in [0.1, 0.15) is 53.2 Å². The normalized spacial score (nSPS) is 11.6. The third-order valence-electron chi connectivity index (χ3n) is 3.66. The molecule has 0 fully saturated rings. The Kier molecular flexibility index (Phi) is 6.11. The van der Waals surface area contributed by atoms with Gasteiger partial charge in [0.05, 0.1) is 6.26 Å². The highest BCUT2D eigenvalue weighted by Crippen LogP contribution is 2.15. The molecule has 0 bridgehead atoms. The van der Waals surface area contributed by atoms with E-state index in [1.165, 1.54) is 19.3 Å². The summed E-state index contributed by atoms with van der Waals surface area (Å²) in [4.78, 5) is 36.0. The van der Waals surface area contributed by atoms with Crippen LogP contribution in [0.4, 0.5) is 5.69 Å². The van der Waals surface area contributed by atoms with Gasteiger partial charge in [0.1, 0.15) is 11.3 Å². The lowest BCUT2D eigenvalue weighted by Gasteiger charge is -2.12. The van der Waals surface area contributed by atoms with Crippen LogP contribution in [0.5, 0.6) is 0 Å². The average molecular weight is 343 g/mol. The average Bonchev–Trinajstić information content (AvgIpc) is 3.01. The first-order chi connectivity index (χ1) is 11.9. The molecule has 0 unspecified atom stereocenters. The summed E-state index contributed by atoms with van der Waals surface area (Å²) in [7, 11) is 0. The van der Waals surface area contributed by atoms with Crippen LogP contribution in [0.2, 0.25) is 0 Å². The number of carbonyl (C=O) groups excluding carboxylic acids is 3. The van der Waals surface area contributed by atoms with Crippen molar-refractivity contribution in [2.45, 2.75) is 39.7 Å². The number of Topliss-reactive ketones (excluding diaryl/α,β-unsaturated/α-hetero) is 1. The van der Waals surface area contributed by atoms with Gasteiger partial charge in [-0.2, -0.15) is 0 Å². The third kappa shape index (κ3) is 4.79. The third-order valence-corrected chi connectivity index (χ3v) is 3.66. The van der Waals surface area contributed by atoms with E-state index in [2.05, 4.69) is 5.32 Å². The molecule has 6 nitrogen and oxygen atoms in total. The molecule has 0 aliphatic carbocycles. The van der Waals surface area contributed by atoms with Gasteiger partial charge in [-0.05, 0) is 50.6 Å². The highest BCUT2D eigenvalue weighted by molar-refractivity contribution is 6.02. The molecule has 132 valence electrons. The quantitative estimate of drug-likeness (QED) is 0.611. The maximum Gasteiger partial charge on any atom is 0.342 e. The Labute approximate surface area is 146 Å². The molecule has 6 heteroatoms. The van der Waals surface area contributed by atoms with Gasteiger partial charge in [-0.15, -0.1) is 0 Å². The molecule has 0 aliphatic heterocycles. The van der Waals surface area contributed by atoms with Crippen molar-refractivity contribution in [3.63, 3.8) is 0 Å². The molecule has 0 aliphatic rings. The Morgan fingerprint density at radius 3 is 2.40 bits per heavy atom. The number of ketones is 1. The Morgan fingerprint density at radius 1 is 1.16 bits per heavy atom. The van der Waals surface area contributed by atoms with Crippen LogP contribution in [0, 0.1) is 6.92 Å². The van der Waals surface area contributed by atoms with Crippen LogP contribution in [0.15, 0.2) is 41.0 Å². The standard InChI is InChI=1S/C19H21NO5/c1-4-5-17(21)20-15-8-6-14(7-9-15)18(22)13(3)25-19(23)16-10-11-24-12(16)2/h6-11,13H,4-5H2,1-3H3,(H,20,21)/t13-/m1/s1. The first-order valence-electron chi connectivity index (χ1n) is 8.11. The van der Waals surface area contributed by atoms with E-state index in [0.29, 0.717) is 29.0 Å². The number of nitrogens with one attached hydrogen (secondary N) is 1. The van der Waals surface area contributed by atoms with Crippen molar-refractivity contribution >= 4 is 23.3 Å². The second kappa shape index (κ2) is 8.28. The number of hydrogen-bond acceptors (Lipinski definition) is 5. The molecule has 1 heterocycles. The van der Waals surface area contributed by atoms with Crippen LogP contribution < -0.4 is 5.32 Å². The van der Waals surface area contributed by atoms with Gasteiger partial charge in [0.15, 0.2) is 6.10 Å². The summed E-state index contributed by atoms with van der Waals surface area (Å²) in [6.07, 6.45) is 1.68. The summed E-state index contributed by atoms with van der Waals surface area (Å²) in [5.41, 5.74) is 1.32. The smallest absolute Gasteiger partial charge is 0.342 e. The van der Waals surface area contributed by atoms with Crippen molar-refractivity contribution in [3.8, 4) is 0 Å². The Bertz CT molecular complexity index is 760. The number of benzene rings is 1. The van der Waals surface area contributed by atoms with E-state index < -0.39 is 12.1 Å². The SMILES string of the molecule is CCCC(=O)Nc1ccc(C(=O)[C@@H](C)OC(=O)c2ccoc2C)cc1. The van der Waals surface area contributed by atoms with E-state index in [9.17, 15) is 14.4 Å². The second-order valence-electron chi connectivity index (χ2n) is 5.68. The number of aryl methyl sites for hydroxylation is 1. The number of rotatable bonds is 7. The van der Waals surface area contributed by atoms with Gasteiger partial charge in [0.25, 0.3) is 0 Å². The number of esters is 1. The zero-order valence-electron chi connectivity index (χ0n) is 14.5. The molecule has 1 N–H and O–H groups in total. The fraction of sp³-hybridized carbons (Fsp3) is 0.316. The van der Waals surface area contributed by atoms with Crippen molar-refractivity contribution in [3.05, 3.63) is 53.5 Å². The molecule has 2 rings (SSSR count). The summed E-state index contributed by atoms with van der Waals surface area (Å²) in [5, 5.41) is 2.75. The van der Waals surface area contributed by atoms with E-state index in [4.69, 9.17) is 9.15 Å². The topological polar surface area (TPSA) is 85.6 Å². The van der Waals surface area contributed by atoms with Crippen LogP contribution in [0.3, 0.4) is 0 Å². The minimum Gasteiger partial charge on any atom is -0.469 e. The molecule has 1 amide bonds. The van der Waals surface area contributed by atoms with Crippen LogP contribution in [-0.4, -0.2) is 23.8 Å². The fourth-order valence-electron chi connectivity index (χ4n) is 2.28. The lowest BCUT2D eigenvalue weighted by atomic mass is 10.1. The van der Waals surface area contributed by atoms with Gasteiger partial charge in [-0.1, -0.05) is 6.92 Å². The molecule has 0 spiro atoms. The number of anilines is 1. The van der Waals surface area contributed by atoms with Crippen molar-refractivity contribution in [1.29, 1.82) is 0 Å². The second-order valence-corrected chi connectivity index (χ2v) is 5.68. The summed E-state index contributed by atoms with van der Waals surface area (Å²) in [5.74, 6) is -0.548. The maximum absolute atomic E-state index is 12.4. The minimum atomic E-state index is -0.928. The maximum atomic E-state index is 12.4. The summed E-state index contributed by atoms with van der Waals surface area (Å²) in [6.45, 7) is 5.09. The molecule has 0 saturated carbocycles. The molecule has 25 heavy (non-hydrogen) atoms. The van der Waals surface area contributed by atoms with Crippen molar-refractivity contribution in [1.82, 2.24) is 0 Å². The lowest BCUT2D eigenvalue weighted by Crippen LogP contribution is -2.24. The molecule has 0 radical (unpaired) electrons. The molecule has 1 atom stereocenters. The van der Waals surface area contributed by atoms with Gasteiger partial charge in [0.2, 0.25) is 11.7 Å². The summed E-state index contributed by atoms with van der Waals surface area (Å²) >= 11 is 0. The van der Waals surface area contributed by atoms with Gasteiger partial charge in [0, 0.05) is 17.7 Å². The van der Waals surface area contributed by atoms with Crippen LogP contribution in [-0.2, 0) is 9.53 Å². The van der Waals surface area contributed by atoms with E-state index >= 15 is 0 Å². The number of amides is 1. The Morgan fingerprint density at radius 2 is 1.84 bits per heavy atom. The summed E-state index contributed by atoms with van der Waals surface area (Å²) in [6, 6.07) is 7.99. The van der Waals surface area contributed by atoms with Gasteiger partial charge in [-0.3, -0.25) is 9.59 Å². The fourth-order valence-corrected chi connectivity index (χ4v) is 2.28. The van der Waals surface area contributed by atoms with Crippen molar-refractivity contribution in [2.75, 3.05) is 5.32 Å². The van der Waals surface area contributed by atoms with E-state index in [-0.39, 0.29) is 11.7 Å².